The van der Waals surface area contributed by atoms with Gasteiger partial charge in [0.15, 0.2) is 17.3 Å². The number of amides is 1. The monoisotopic (exact) mass is 415 g/mol. The van der Waals surface area contributed by atoms with Crippen LogP contribution in [0.25, 0.3) is 28.2 Å². The molecule has 1 saturated carbocycles. The topological polar surface area (TPSA) is 113 Å². The molecule has 156 valence electrons. The minimum Gasteiger partial charge on any atom is -0.508 e. The molecular weight excluding hydrogens is 394 g/mol. The number of carbonyl (C=O) groups is 1. The van der Waals surface area contributed by atoms with Crippen molar-refractivity contribution in [3.8, 4) is 22.8 Å². The van der Waals surface area contributed by atoms with E-state index in [4.69, 9.17) is 0 Å². The Hall–Kier alpha value is -3.94. The number of anilines is 1. The highest BCUT2D eigenvalue weighted by Crippen LogP contribution is 2.37. The van der Waals surface area contributed by atoms with Crippen LogP contribution < -0.4 is 11.0 Å². The average Bonchev–Trinajstić information content (AvgIpc) is 3.41. The number of aromatic nitrogens is 4. The van der Waals surface area contributed by atoms with Gasteiger partial charge in [-0.05, 0) is 42.5 Å². The summed E-state index contributed by atoms with van der Waals surface area (Å²) in [5.74, 6) is 0.962. The number of imidazole rings is 1. The third-order valence-corrected chi connectivity index (χ3v) is 5.81. The van der Waals surface area contributed by atoms with E-state index < -0.39 is 0 Å². The molecule has 8 nitrogen and oxygen atoms in total. The summed E-state index contributed by atoms with van der Waals surface area (Å²) < 4.78 is 1.55. The molecule has 0 aliphatic heterocycles. The number of H-pyrrole nitrogens is 1. The van der Waals surface area contributed by atoms with Crippen molar-refractivity contribution in [1.29, 1.82) is 0 Å². The first kappa shape index (κ1) is 19.0. The van der Waals surface area contributed by atoms with Crippen LogP contribution in [0, 0.1) is 0 Å². The second-order valence-electron chi connectivity index (χ2n) is 7.71. The number of rotatable bonds is 5. The van der Waals surface area contributed by atoms with Crippen LogP contribution in [0.4, 0.5) is 5.82 Å². The highest BCUT2D eigenvalue weighted by molar-refractivity contribution is 5.91. The van der Waals surface area contributed by atoms with Crippen molar-refractivity contribution in [2.45, 2.75) is 31.6 Å². The molecule has 8 heteroatoms. The number of hydrogen-bond acceptors (Lipinski definition) is 5. The van der Waals surface area contributed by atoms with E-state index in [2.05, 4.69) is 26.3 Å². The third-order valence-electron chi connectivity index (χ3n) is 5.81. The van der Waals surface area contributed by atoms with Gasteiger partial charge in [0.25, 0.3) is 0 Å². The lowest BCUT2D eigenvalue weighted by Gasteiger charge is -2.16. The molecule has 2 aromatic carbocycles. The number of para-hydroxylation sites is 1. The van der Waals surface area contributed by atoms with E-state index in [0.717, 1.165) is 24.1 Å². The van der Waals surface area contributed by atoms with Crippen LogP contribution >= 0.6 is 0 Å². The molecule has 0 atom stereocenters. The van der Waals surface area contributed by atoms with E-state index >= 15 is 0 Å². The molecule has 5 rings (SSSR count). The Labute approximate surface area is 177 Å². The van der Waals surface area contributed by atoms with Gasteiger partial charge in [-0.15, -0.1) is 0 Å². The van der Waals surface area contributed by atoms with Gasteiger partial charge in [0, 0.05) is 5.56 Å². The lowest BCUT2D eigenvalue weighted by molar-refractivity contribution is -0.105. The van der Waals surface area contributed by atoms with Crippen LogP contribution in [0.1, 0.15) is 37.2 Å². The molecular formula is C23H21N5O3. The normalized spacial score (nSPS) is 14.2. The van der Waals surface area contributed by atoms with E-state index in [-0.39, 0.29) is 17.3 Å². The number of phenolic OH excluding ortho intramolecular Hbond substituents is 1. The lowest BCUT2D eigenvalue weighted by atomic mass is 9.96. The summed E-state index contributed by atoms with van der Waals surface area (Å²) in [5.41, 5.74) is 2.83. The number of fused-ring (bicyclic) bond motifs is 1. The van der Waals surface area contributed by atoms with Gasteiger partial charge in [0.1, 0.15) is 11.3 Å². The number of carbonyl (C=O) groups excluding carboxylic acids is 1. The van der Waals surface area contributed by atoms with E-state index in [1.165, 1.54) is 18.9 Å². The molecule has 1 aliphatic rings. The summed E-state index contributed by atoms with van der Waals surface area (Å²) in [6.07, 6.45) is 5.05. The molecule has 2 heterocycles. The first-order chi connectivity index (χ1) is 15.2. The maximum Gasteiger partial charge on any atom is 0.332 e. The Morgan fingerprint density at radius 3 is 2.68 bits per heavy atom. The highest BCUT2D eigenvalue weighted by Gasteiger charge is 2.24. The minimum absolute atomic E-state index is 0.0733. The van der Waals surface area contributed by atoms with Gasteiger partial charge in [-0.25, -0.2) is 19.3 Å². The smallest absolute Gasteiger partial charge is 0.332 e. The van der Waals surface area contributed by atoms with Gasteiger partial charge in [-0.2, -0.15) is 0 Å². The first-order valence-corrected chi connectivity index (χ1v) is 10.3. The van der Waals surface area contributed by atoms with Crippen molar-refractivity contribution in [3.63, 3.8) is 0 Å². The van der Waals surface area contributed by atoms with Crippen molar-refractivity contribution in [2.24, 2.45) is 0 Å². The zero-order valence-electron chi connectivity index (χ0n) is 16.7. The van der Waals surface area contributed by atoms with Crippen molar-refractivity contribution in [2.75, 3.05) is 5.32 Å². The van der Waals surface area contributed by atoms with Crippen LogP contribution in [0.3, 0.4) is 0 Å². The second kappa shape index (κ2) is 7.71. The van der Waals surface area contributed by atoms with Gasteiger partial charge in [0.05, 0.1) is 5.69 Å². The predicted octanol–water partition coefficient (Wildman–Crippen LogP) is 3.71. The lowest BCUT2D eigenvalue weighted by Crippen LogP contribution is -2.17. The van der Waals surface area contributed by atoms with E-state index in [1.54, 1.807) is 22.8 Å². The molecule has 0 spiro atoms. The summed E-state index contributed by atoms with van der Waals surface area (Å²) >= 11 is 0. The number of aromatic hydroxyl groups is 1. The predicted molar refractivity (Wildman–Crippen MR) is 117 cm³/mol. The Morgan fingerprint density at radius 1 is 1.10 bits per heavy atom. The Morgan fingerprint density at radius 2 is 1.90 bits per heavy atom. The van der Waals surface area contributed by atoms with Gasteiger partial charge in [-0.1, -0.05) is 43.2 Å². The van der Waals surface area contributed by atoms with E-state index in [9.17, 15) is 14.7 Å². The van der Waals surface area contributed by atoms with Gasteiger partial charge < -0.3 is 15.4 Å². The Kier molecular flexibility index (Phi) is 4.74. The summed E-state index contributed by atoms with van der Waals surface area (Å²) in [4.78, 5) is 36.1. The number of nitrogens with zero attached hydrogens (tertiary/aromatic N) is 3. The minimum atomic E-state index is -0.350. The molecule has 1 fully saturated rings. The van der Waals surface area contributed by atoms with E-state index in [1.807, 2.05) is 18.2 Å². The van der Waals surface area contributed by atoms with Crippen LogP contribution in [0.2, 0.25) is 0 Å². The molecule has 1 amide bonds. The maximum atomic E-state index is 13.0. The molecule has 0 bridgehead atoms. The molecule has 1 aliphatic carbocycles. The molecule has 0 saturated heterocycles. The van der Waals surface area contributed by atoms with Crippen molar-refractivity contribution < 1.29 is 9.90 Å². The molecule has 4 aromatic rings. The fourth-order valence-corrected chi connectivity index (χ4v) is 4.42. The van der Waals surface area contributed by atoms with Gasteiger partial charge >= 0.3 is 5.69 Å². The Bertz CT molecular complexity index is 1330. The fraction of sp³-hybridized carbons (Fsp3) is 0.217. The number of nitrogens with one attached hydrogen (secondary N) is 2. The van der Waals surface area contributed by atoms with Crippen LogP contribution in [0.15, 0.2) is 53.3 Å². The summed E-state index contributed by atoms with van der Waals surface area (Å²) in [6.45, 7) is 0. The molecule has 3 N–H and O–H groups in total. The summed E-state index contributed by atoms with van der Waals surface area (Å²) in [5, 5.41) is 12.4. The fourth-order valence-electron chi connectivity index (χ4n) is 4.42. The Balaban J connectivity index is 1.78. The SMILES string of the molecule is O=CNc1nc(-c2cccc(O)c2)nc2c1[nH]c(=O)n2-c1ccccc1C1CCCC1. The first-order valence-electron chi connectivity index (χ1n) is 10.3. The van der Waals surface area contributed by atoms with E-state index in [0.29, 0.717) is 34.9 Å². The number of hydrogen-bond donors (Lipinski definition) is 3. The van der Waals surface area contributed by atoms with Crippen molar-refractivity contribution in [1.82, 2.24) is 19.5 Å². The largest absolute Gasteiger partial charge is 0.508 e. The molecule has 31 heavy (non-hydrogen) atoms. The highest BCUT2D eigenvalue weighted by atomic mass is 16.3. The second-order valence-corrected chi connectivity index (χ2v) is 7.71. The average molecular weight is 415 g/mol. The zero-order chi connectivity index (χ0) is 21.4. The van der Waals surface area contributed by atoms with Crippen LogP contribution in [-0.4, -0.2) is 31.0 Å². The molecule has 2 aromatic heterocycles. The van der Waals surface area contributed by atoms with Crippen LogP contribution in [-0.2, 0) is 4.79 Å². The van der Waals surface area contributed by atoms with Gasteiger partial charge in [0.2, 0.25) is 6.41 Å². The van der Waals surface area contributed by atoms with Crippen molar-refractivity contribution in [3.05, 3.63) is 64.6 Å². The summed E-state index contributed by atoms with van der Waals surface area (Å²) in [6, 6.07) is 14.4. The standard InChI is InChI=1S/C23H21N5O3/c29-13-24-21-19-22(27-20(26-21)15-8-5-9-16(30)12-15)28(23(31)25-19)18-11-4-3-10-17(18)14-6-1-2-7-14/h3-5,8-14,30H,1-2,6-7H2,(H,25,31)(H,24,26,27,29). The number of aromatic amines is 1. The number of benzene rings is 2. The van der Waals surface area contributed by atoms with Crippen molar-refractivity contribution >= 4 is 23.4 Å². The third kappa shape index (κ3) is 3.35. The summed E-state index contributed by atoms with van der Waals surface area (Å²) in [7, 11) is 0. The molecule has 0 unspecified atom stereocenters. The number of phenols is 1. The zero-order valence-corrected chi connectivity index (χ0v) is 16.7. The molecule has 0 radical (unpaired) electrons. The van der Waals surface area contributed by atoms with Gasteiger partial charge in [-0.3, -0.25) is 4.79 Å². The van der Waals surface area contributed by atoms with Crippen LogP contribution in [0.5, 0.6) is 5.75 Å². The quantitative estimate of drug-likeness (QED) is 0.430. The maximum absolute atomic E-state index is 13.0.